The van der Waals surface area contributed by atoms with E-state index >= 15 is 0 Å². The molecule has 0 heterocycles. The molecule has 0 fully saturated rings. The van der Waals surface area contributed by atoms with Crippen molar-refractivity contribution in [2.45, 2.75) is 46.6 Å². The summed E-state index contributed by atoms with van der Waals surface area (Å²) < 4.78 is 0. The number of aryl methyl sites for hydroxylation is 1. The Labute approximate surface area is 123 Å². The van der Waals surface area contributed by atoms with Gasteiger partial charge in [-0.1, -0.05) is 51.5 Å². The quantitative estimate of drug-likeness (QED) is 0.766. The number of hydrogen-bond donors (Lipinski definition) is 2. The van der Waals surface area contributed by atoms with Crippen LogP contribution in [0, 0.1) is 5.92 Å². The molecule has 3 heteroatoms. The number of hydrogen-bond acceptors (Lipinski definition) is 2. The highest BCUT2D eigenvalue weighted by molar-refractivity contribution is 5.78. The fourth-order valence-corrected chi connectivity index (χ4v) is 2.01. The van der Waals surface area contributed by atoms with Crippen molar-refractivity contribution in [1.29, 1.82) is 0 Å². The molecule has 0 aromatic heterocycles. The van der Waals surface area contributed by atoms with Crippen LogP contribution in [0.1, 0.15) is 51.3 Å². The zero-order valence-electron chi connectivity index (χ0n) is 13.2. The second kappa shape index (κ2) is 8.75. The highest BCUT2D eigenvalue weighted by atomic mass is 16.1. The molecule has 1 aromatic rings. The van der Waals surface area contributed by atoms with Gasteiger partial charge in [0.1, 0.15) is 0 Å². The summed E-state index contributed by atoms with van der Waals surface area (Å²) >= 11 is 0. The molecule has 0 saturated heterocycles. The Kier molecular flexibility index (Phi) is 7.31. The fourth-order valence-electron chi connectivity index (χ4n) is 2.01. The molecule has 1 rings (SSSR count). The van der Waals surface area contributed by atoms with Crippen molar-refractivity contribution >= 4 is 5.91 Å². The smallest absolute Gasteiger partial charge is 0.233 e. The molecular formula is C17H28N2O. The summed E-state index contributed by atoms with van der Waals surface area (Å²) in [6, 6.07) is 8.84. The van der Waals surface area contributed by atoms with Crippen LogP contribution in [0.4, 0.5) is 0 Å². The SMILES string of the molecule is CCCc1ccc(C(C)NCC(=O)NCC(C)C)cc1. The van der Waals surface area contributed by atoms with Crippen molar-refractivity contribution in [3.8, 4) is 0 Å². The normalized spacial score (nSPS) is 12.4. The van der Waals surface area contributed by atoms with Gasteiger partial charge in [-0.3, -0.25) is 4.79 Å². The van der Waals surface area contributed by atoms with Crippen LogP contribution in [0.3, 0.4) is 0 Å². The Morgan fingerprint density at radius 2 is 1.80 bits per heavy atom. The standard InChI is InChI=1S/C17H28N2O/c1-5-6-15-7-9-16(10-8-15)14(4)18-12-17(20)19-11-13(2)3/h7-10,13-14,18H,5-6,11-12H2,1-4H3,(H,19,20). The van der Waals surface area contributed by atoms with Crippen LogP contribution in [0.15, 0.2) is 24.3 Å². The van der Waals surface area contributed by atoms with E-state index in [4.69, 9.17) is 0 Å². The highest BCUT2D eigenvalue weighted by Gasteiger charge is 2.07. The van der Waals surface area contributed by atoms with E-state index in [1.54, 1.807) is 0 Å². The van der Waals surface area contributed by atoms with Crippen molar-refractivity contribution in [3.05, 3.63) is 35.4 Å². The van der Waals surface area contributed by atoms with E-state index < -0.39 is 0 Å². The largest absolute Gasteiger partial charge is 0.355 e. The fraction of sp³-hybridized carbons (Fsp3) is 0.588. The van der Waals surface area contributed by atoms with Gasteiger partial charge < -0.3 is 10.6 Å². The third-order valence-electron chi connectivity index (χ3n) is 3.29. The van der Waals surface area contributed by atoms with Gasteiger partial charge in [0.15, 0.2) is 0 Å². The summed E-state index contributed by atoms with van der Waals surface area (Å²) in [7, 11) is 0. The maximum atomic E-state index is 11.6. The minimum Gasteiger partial charge on any atom is -0.355 e. The Balaban J connectivity index is 2.38. The van der Waals surface area contributed by atoms with Gasteiger partial charge in [-0.05, 0) is 30.4 Å². The van der Waals surface area contributed by atoms with Gasteiger partial charge in [-0.15, -0.1) is 0 Å². The molecular weight excluding hydrogens is 248 g/mol. The average Bonchev–Trinajstić information content (AvgIpc) is 2.43. The maximum absolute atomic E-state index is 11.6. The van der Waals surface area contributed by atoms with E-state index in [1.165, 1.54) is 17.5 Å². The van der Waals surface area contributed by atoms with E-state index in [0.717, 1.165) is 13.0 Å². The minimum atomic E-state index is 0.0631. The molecule has 0 aliphatic rings. The second-order valence-corrected chi connectivity index (χ2v) is 5.79. The third-order valence-corrected chi connectivity index (χ3v) is 3.29. The predicted molar refractivity (Wildman–Crippen MR) is 84.7 cm³/mol. The van der Waals surface area contributed by atoms with Crippen molar-refractivity contribution in [2.75, 3.05) is 13.1 Å². The van der Waals surface area contributed by atoms with Crippen LogP contribution in [-0.2, 0) is 11.2 Å². The van der Waals surface area contributed by atoms with E-state index in [2.05, 4.69) is 62.6 Å². The lowest BCUT2D eigenvalue weighted by Gasteiger charge is -2.15. The molecule has 0 radical (unpaired) electrons. The molecule has 0 spiro atoms. The zero-order chi connectivity index (χ0) is 15.0. The predicted octanol–water partition coefficient (Wildman–Crippen LogP) is 3.06. The molecule has 0 aliphatic carbocycles. The number of amides is 1. The van der Waals surface area contributed by atoms with Crippen LogP contribution in [0.25, 0.3) is 0 Å². The first kappa shape index (κ1) is 16.7. The summed E-state index contributed by atoms with van der Waals surface area (Å²) in [4.78, 5) is 11.6. The van der Waals surface area contributed by atoms with Crippen LogP contribution in [0.2, 0.25) is 0 Å². The highest BCUT2D eigenvalue weighted by Crippen LogP contribution is 2.13. The van der Waals surface area contributed by atoms with Gasteiger partial charge in [0.2, 0.25) is 5.91 Å². The monoisotopic (exact) mass is 276 g/mol. The van der Waals surface area contributed by atoms with Gasteiger partial charge in [0, 0.05) is 12.6 Å². The van der Waals surface area contributed by atoms with Crippen molar-refractivity contribution in [3.63, 3.8) is 0 Å². The summed E-state index contributed by atoms with van der Waals surface area (Å²) in [6.45, 7) is 9.56. The molecule has 1 aromatic carbocycles. The summed E-state index contributed by atoms with van der Waals surface area (Å²) in [5.74, 6) is 0.552. The number of rotatable bonds is 8. The van der Waals surface area contributed by atoms with E-state index in [-0.39, 0.29) is 11.9 Å². The Morgan fingerprint density at radius 3 is 2.35 bits per heavy atom. The van der Waals surface area contributed by atoms with E-state index in [9.17, 15) is 4.79 Å². The first-order chi connectivity index (χ1) is 9.52. The first-order valence-electron chi connectivity index (χ1n) is 7.61. The molecule has 0 aliphatic heterocycles. The van der Waals surface area contributed by atoms with Gasteiger partial charge in [-0.2, -0.15) is 0 Å². The molecule has 1 amide bonds. The lowest BCUT2D eigenvalue weighted by Crippen LogP contribution is -2.36. The number of carbonyl (C=O) groups is 1. The topological polar surface area (TPSA) is 41.1 Å². The van der Waals surface area contributed by atoms with Gasteiger partial charge in [0.05, 0.1) is 6.54 Å². The summed E-state index contributed by atoms with van der Waals surface area (Å²) in [5, 5.41) is 6.18. The number of benzene rings is 1. The van der Waals surface area contributed by atoms with Crippen molar-refractivity contribution < 1.29 is 4.79 Å². The van der Waals surface area contributed by atoms with E-state index in [0.29, 0.717) is 12.5 Å². The van der Waals surface area contributed by atoms with E-state index in [1.807, 2.05) is 0 Å². The van der Waals surface area contributed by atoms with Gasteiger partial charge in [0.25, 0.3) is 0 Å². The average molecular weight is 276 g/mol. The Hall–Kier alpha value is -1.35. The molecule has 1 atom stereocenters. The number of carbonyl (C=O) groups excluding carboxylic acids is 1. The Bertz CT molecular complexity index is 398. The molecule has 2 N–H and O–H groups in total. The van der Waals surface area contributed by atoms with Crippen LogP contribution >= 0.6 is 0 Å². The lowest BCUT2D eigenvalue weighted by molar-refractivity contribution is -0.120. The minimum absolute atomic E-state index is 0.0631. The van der Waals surface area contributed by atoms with Crippen molar-refractivity contribution in [2.24, 2.45) is 5.92 Å². The molecule has 20 heavy (non-hydrogen) atoms. The van der Waals surface area contributed by atoms with Crippen molar-refractivity contribution in [1.82, 2.24) is 10.6 Å². The first-order valence-corrected chi connectivity index (χ1v) is 7.61. The summed E-state index contributed by atoms with van der Waals surface area (Å²) in [5.41, 5.74) is 2.60. The molecule has 3 nitrogen and oxygen atoms in total. The molecule has 1 unspecified atom stereocenters. The second-order valence-electron chi connectivity index (χ2n) is 5.79. The zero-order valence-corrected chi connectivity index (χ0v) is 13.2. The lowest BCUT2D eigenvalue weighted by atomic mass is 10.0. The van der Waals surface area contributed by atoms with Gasteiger partial charge in [-0.25, -0.2) is 0 Å². The third kappa shape index (κ3) is 6.20. The Morgan fingerprint density at radius 1 is 1.15 bits per heavy atom. The van der Waals surface area contributed by atoms with Crippen LogP contribution in [-0.4, -0.2) is 19.0 Å². The summed E-state index contributed by atoms with van der Waals surface area (Å²) in [6.07, 6.45) is 2.29. The molecule has 0 bridgehead atoms. The van der Waals surface area contributed by atoms with Gasteiger partial charge >= 0.3 is 0 Å². The van der Waals surface area contributed by atoms with Crippen LogP contribution < -0.4 is 10.6 Å². The van der Waals surface area contributed by atoms with Crippen LogP contribution in [0.5, 0.6) is 0 Å². The number of nitrogens with one attached hydrogen (secondary N) is 2. The molecule has 0 saturated carbocycles. The molecule has 112 valence electrons. The maximum Gasteiger partial charge on any atom is 0.233 e.